The first kappa shape index (κ1) is 13.6. The Kier molecular flexibility index (Phi) is 3.35. The molecule has 0 aliphatic heterocycles. The highest BCUT2D eigenvalue weighted by Crippen LogP contribution is 2.15. The average molecular weight is 324 g/mol. The van der Waals surface area contributed by atoms with Crippen LogP contribution >= 0.6 is 11.5 Å². The zero-order valence-electron chi connectivity index (χ0n) is 11.9. The van der Waals surface area contributed by atoms with E-state index in [1.54, 1.807) is 10.9 Å². The Labute approximate surface area is 134 Å². The normalized spacial score (nSPS) is 11.0. The highest BCUT2D eigenvalue weighted by molar-refractivity contribution is 7.05. The van der Waals surface area contributed by atoms with E-state index in [1.165, 1.54) is 17.7 Å². The van der Waals surface area contributed by atoms with Gasteiger partial charge in [-0.05, 0) is 29.7 Å². The quantitative estimate of drug-likeness (QED) is 0.600. The fourth-order valence-electron chi connectivity index (χ4n) is 2.26. The molecule has 0 atom stereocenters. The fourth-order valence-corrected chi connectivity index (χ4v) is 2.78. The van der Waals surface area contributed by atoms with Gasteiger partial charge in [0, 0.05) is 11.1 Å². The Morgan fingerprint density at radius 3 is 2.87 bits per heavy atom. The second-order valence-electron chi connectivity index (χ2n) is 4.88. The summed E-state index contributed by atoms with van der Waals surface area (Å²) < 4.78 is 5.70. The highest BCUT2D eigenvalue weighted by atomic mass is 32.1. The number of anilines is 1. The van der Waals surface area contributed by atoms with E-state index in [0.29, 0.717) is 23.5 Å². The molecule has 4 rings (SSSR count). The maximum absolute atomic E-state index is 12.2. The molecule has 0 bridgehead atoms. The van der Waals surface area contributed by atoms with Crippen molar-refractivity contribution >= 4 is 28.5 Å². The van der Waals surface area contributed by atoms with Crippen molar-refractivity contribution in [3.05, 3.63) is 64.0 Å². The van der Waals surface area contributed by atoms with Crippen LogP contribution in [0.15, 0.2) is 53.6 Å². The second kappa shape index (κ2) is 5.65. The van der Waals surface area contributed by atoms with E-state index in [4.69, 9.17) is 0 Å². The Morgan fingerprint density at radius 1 is 1.22 bits per heavy atom. The summed E-state index contributed by atoms with van der Waals surface area (Å²) in [5.41, 5.74) is 1.16. The second-order valence-corrected chi connectivity index (χ2v) is 5.79. The van der Waals surface area contributed by atoms with Crippen molar-refractivity contribution in [3.8, 4) is 5.69 Å². The maximum atomic E-state index is 12.2. The van der Waals surface area contributed by atoms with Crippen LogP contribution in [0.2, 0.25) is 0 Å². The molecule has 0 fully saturated rings. The Hall–Kier alpha value is -3.00. The number of rotatable bonds is 4. The van der Waals surface area contributed by atoms with Crippen molar-refractivity contribution in [2.45, 2.75) is 6.54 Å². The van der Waals surface area contributed by atoms with Crippen LogP contribution in [0, 0.1) is 0 Å². The van der Waals surface area contributed by atoms with E-state index >= 15 is 0 Å². The number of nitrogens with zero attached hydrogens (tertiary/aromatic N) is 4. The summed E-state index contributed by atoms with van der Waals surface area (Å²) >= 11 is 1.40. The summed E-state index contributed by atoms with van der Waals surface area (Å²) in [7, 11) is 0. The molecule has 1 aromatic carbocycles. The lowest BCUT2D eigenvalue weighted by Crippen LogP contribution is -2.13. The summed E-state index contributed by atoms with van der Waals surface area (Å²) in [4.78, 5) is 20.5. The standard InChI is InChI=1S/C15H12N6OS/c22-14-12-9-17-21(10-4-2-1-3-5-10)13(12)19-15(20-14)16-8-11-6-7-18-23-11/h1-7,9H,8H2,(H2,16,19,20,22). The molecule has 3 aromatic heterocycles. The summed E-state index contributed by atoms with van der Waals surface area (Å²) in [5, 5.41) is 7.84. The summed E-state index contributed by atoms with van der Waals surface area (Å²) in [6, 6.07) is 11.5. The van der Waals surface area contributed by atoms with Gasteiger partial charge in [-0.2, -0.15) is 10.1 Å². The third-order valence-corrected chi connectivity index (χ3v) is 4.10. The molecule has 0 aliphatic carbocycles. The molecule has 8 heteroatoms. The van der Waals surface area contributed by atoms with Crippen molar-refractivity contribution in [1.29, 1.82) is 0 Å². The third-order valence-electron chi connectivity index (χ3n) is 3.36. The largest absolute Gasteiger partial charge is 0.351 e. The molecule has 0 saturated carbocycles. The highest BCUT2D eigenvalue weighted by Gasteiger charge is 2.11. The van der Waals surface area contributed by atoms with Crippen LogP contribution in [0.1, 0.15) is 4.88 Å². The number of hydrogen-bond donors (Lipinski definition) is 2. The van der Waals surface area contributed by atoms with Gasteiger partial charge in [-0.1, -0.05) is 18.2 Å². The minimum atomic E-state index is -0.219. The van der Waals surface area contributed by atoms with Crippen LogP contribution in [0.4, 0.5) is 5.95 Å². The lowest BCUT2D eigenvalue weighted by Gasteiger charge is -2.05. The lowest BCUT2D eigenvalue weighted by atomic mass is 10.3. The van der Waals surface area contributed by atoms with Crippen molar-refractivity contribution in [2.24, 2.45) is 0 Å². The SMILES string of the molecule is O=c1[nH]c(NCc2ccns2)nc2c1cnn2-c1ccccc1. The smallest absolute Gasteiger partial charge is 0.263 e. The predicted molar refractivity (Wildman–Crippen MR) is 88.9 cm³/mol. The van der Waals surface area contributed by atoms with E-state index in [0.717, 1.165) is 10.6 Å². The molecule has 0 spiro atoms. The van der Waals surface area contributed by atoms with E-state index < -0.39 is 0 Å². The number of fused-ring (bicyclic) bond motifs is 1. The first-order valence-corrected chi connectivity index (χ1v) is 7.75. The first-order valence-electron chi connectivity index (χ1n) is 6.98. The molecule has 0 unspecified atom stereocenters. The van der Waals surface area contributed by atoms with Crippen LogP contribution in [0.25, 0.3) is 16.7 Å². The summed E-state index contributed by atoms with van der Waals surface area (Å²) in [6.45, 7) is 0.554. The van der Waals surface area contributed by atoms with Gasteiger partial charge in [-0.15, -0.1) is 0 Å². The Morgan fingerprint density at radius 2 is 2.09 bits per heavy atom. The minimum Gasteiger partial charge on any atom is -0.351 e. The first-order chi connectivity index (χ1) is 11.3. The monoisotopic (exact) mass is 324 g/mol. The van der Waals surface area contributed by atoms with Gasteiger partial charge in [0.2, 0.25) is 5.95 Å². The molecule has 0 radical (unpaired) electrons. The van der Waals surface area contributed by atoms with Crippen LogP contribution in [-0.2, 0) is 6.54 Å². The van der Waals surface area contributed by atoms with Crippen molar-refractivity contribution in [1.82, 2.24) is 24.1 Å². The van der Waals surface area contributed by atoms with Gasteiger partial charge in [-0.3, -0.25) is 9.78 Å². The van der Waals surface area contributed by atoms with Gasteiger partial charge in [-0.25, -0.2) is 9.06 Å². The number of aromatic nitrogens is 5. The number of aromatic amines is 1. The molecular weight excluding hydrogens is 312 g/mol. The van der Waals surface area contributed by atoms with Crippen LogP contribution < -0.4 is 10.9 Å². The van der Waals surface area contributed by atoms with E-state index in [9.17, 15) is 4.79 Å². The van der Waals surface area contributed by atoms with Gasteiger partial charge in [0.05, 0.1) is 18.4 Å². The number of para-hydroxylation sites is 1. The van der Waals surface area contributed by atoms with Crippen molar-refractivity contribution in [3.63, 3.8) is 0 Å². The molecular formula is C15H12N6OS. The van der Waals surface area contributed by atoms with E-state index in [2.05, 4.69) is 24.8 Å². The molecule has 4 aromatic rings. The number of H-pyrrole nitrogens is 1. The van der Waals surface area contributed by atoms with E-state index in [-0.39, 0.29) is 5.56 Å². The van der Waals surface area contributed by atoms with E-state index in [1.807, 2.05) is 36.4 Å². The molecule has 0 aliphatic rings. The molecule has 3 heterocycles. The minimum absolute atomic E-state index is 0.219. The zero-order valence-corrected chi connectivity index (χ0v) is 12.7. The van der Waals surface area contributed by atoms with Crippen LogP contribution in [0.3, 0.4) is 0 Å². The molecule has 7 nitrogen and oxygen atoms in total. The van der Waals surface area contributed by atoms with Gasteiger partial charge in [0.15, 0.2) is 5.65 Å². The van der Waals surface area contributed by atoms with Gasteiger partial charge in [0.25, 0.3) is 5.56 Å². The van der Waals surface area contributed by atoms with Gasteiger partial charge >= 0.3 is 0 Å². The molecule has 2 N–H and O–H groups in total. The topological polar surface area (TPSA) is 88.5 Å². The Bertz CT molecular complexity index is 990. The van der Waals surface area contributed by atoms with Crippen molar-refractivity contribution < 1.29 is 0 Å². The van der Waals surface area contributed by atoms with Crippen molar-refractivity contribution in [2.75, 3.05) is 5.32 Å². The van der Waals surface area contributed by atoms with Crippen LogP contribution in [-0.4, -0.2) is 24.1 Å². The van der Waals surface area contributed by atoms with Gasteiger partial charge in [0.1, 0.15) is 5.39 Å². The number of benzene rings is 1. The number of hydrogen-bond acceptors (Lipinski definition) is 6. The molecule has 114 valence electrons. The third kappa shape index (κ3) is 2.59. The van der Waals surface area contributed by atoms with Crippen LogP contribution in [0.5, 0.6) is 0 Å². The maximum Gasteiger partial charge on any atom is 0.263 e. The number of nitrogens with one attached hydrogen (secondary N) is 2. The fraction of sp³-hybridized carbons (Fsp3) is 0.0667. The summed E-state index contributed by atoms with van der Waals surface area (Å²) in [5.74, 6) is 0.411. The average Bonchev–Trinajstić information content (AvgIpc) is 3.23. The zero-order chi connectivity index (χ0) is 15.6. The molecule has 23 heavy (non-hydrogen) atoms. The summed E-state index contributed by atoms with van der Waals surface area (Å²) in [6.07, 6.45) is 3.27. The predicted octanol–water partition coefficient (Wildman–Crippen LogP) is 2.18. The molecule has 0 saturated heterocycles. The molecule has 0 amide bonds. The van der Waals surface area contributed by atoms with Gasteiger partial charge < -0.3 is 5.32 Å². The lowest BCUT2D eigenvalue weighted by molar-refractivity contribution is 0.894. The Balaban J connectivity index is 1.74.